The van der Waals surface area contributed by atoms with Crippen LogP contribution in [0.4, 0.5) is 5.69 Å². The van der Waals surface area contributed by atoms with E-state index in [-0.39, 0.29) is 18.4 Å². The molecule has 0 aromatic heterocycles. The van der Waals surface area contributed by atoms with E-state index in [0.717, 1.165) is 12.8 Å². The molecular weight excluding hydrogens is 308 g/mol. The van der Waals surface area contributed by atoms with Crippen molar-refractivity contribution in [1.82, 2.24) is 0 Å². The molecular formula is C15H19ClN2O4. The number of carboxylic acids is 1. The summed E-state index contributed by atoms with van der Waals surface area (Å²) in [4.78, 5) is 23.1. The van der Waals surface area contributed by atoms with Gasteiger partial charge in [-0.2, -0.15) is 0 Å². The number of hydrogen-bond acceptors (Lipinski definition) is 4. The first-order chi connectivity index (χ1) is 10.5. The van der Waals surface area contributed by atoms with Gasteiger partial charge in [0.1, 0.15) is 18.7 Å². The largest absolute Gasteiger partial charge is 0.544 e. The molecule has 0 radical (unpaired) electrons. The lowest BCUT2D eigenvalue weighted by Gasteiger charge is -2.18. The number of rotatable bonds is 7. The monoisotopic (exact) mass is 326 g/mol. The summed E-state index contributed by atoms with van der Waals surface area (Å²) >= 11 is 5.83. The summed E-state index contributed by atoms with van der Waals surface area (Å²) in [6.07, 6.45) is 1.80. The van der Waals surface area contributed by atoms with E-state index >= 15 is 0 Å². The zero-order valence-electron chi connectivity index (χ0n) is 12.1. The number of hydrogen-bond donors (Lipinski definition) is 2. The third-order valence-corrected chi connectivity index (χ3v) is 3.76. The number of quaternary nitrogens is 1. The molecule has 1 aliphatic rings. The molecule has 1 fully saturated rings. The number of carboxylic acid groups (broad SMARTS) is 1. The first kappa shape index (κ1) is 16.7. The Labute approximate surface area is 133 Å². The number of anilines is 1. The summed E-state index contributed by atoms with van der Waals surface area (Å²) < 4.78 is 5.44. The van der Waals surface area contributed by atoms with Gasteiger partial charge in [0.05, 0.1) is 12.4 Å². The van der Waals surface area contributed by atoms with Crippen molar-refractivity contribution in [2.24, 2.45) is 0 Å². The van der Waals surface area contributed by atoms with Crippen molar-refractivity contribution in [3.05, 3.63) is 29.3 Å². The lowest BCUT2D eigenvalue weighted by molar-refractivity contribution is -0.687. The number of carbonyl (C=O) groups excluding carboxylic acids is 2. The van der Waals surface area contributed by atoms with Gasteiger partial charge in [-0.25, -0.2) is 0 Å². The molecule has 1 saturated heterocycles. The average molecular weight is 327 g/mol. The zero-order valence-corrected chi connectivity index (χ0v) is 12.8. The van der Waals surface area contributed by atoms with Crippen LogP contribution in [-0.2, 0) is 14.3 Å². The molecule has 7 heteroatoms. The first-order valence-electron chi connectivity index (χ1n) is 7.26. The molecule has 2 atom stereocenters. The summed E-state index contributed by atoms with van der Waals surface area (Å²) in [6.45, 7) is 1.23. The normalized spacial score (nSPS) is 18.9. The molecule has 0 aliphatic carbocycles. The summed E-state index contributed by atoms with van der Waals surface area (Å²) in [5.74, 6) is -1.64. The fourth-order valence-corrected chi connectivity index (χ4v) is 2.58. The Bertz CT molecular complexity index is 532. The van der Waals surface area contributed by atoms with Gasteiger partial charge in [0, 0.05) is 17.3 Å². The smallest absolute Gasteiger partial charge is 0.230 e. The summed E-state index contributed by atoms with van der Waals surface area (Å²) in [6, 6.07) is 5.76. The van der Waals surface area contributed by atoms with Gasteiger partial charge in [-0.3, -0.25) is 4.79 Å². The Balaban J connectivity index is 1.84. The number of halogens is 1. The van der Waals surface area contributed by atoms with Gasteiger partial charge in [-0.15, -0.1) is 0 Å². The van der Waals surface area contributed by atoms with Gasteiger partial charge >= 0.3 is 0 Å². The molecule has 120 valence electrons. The SMILES string of the molecule is O=C(C[C@H]([NH2+]C[C@H]1CCCO1)C(=O)[O-])Nc1cccc(Cl)c1. The lowest BCUT2D eigenvalue weighted by atomic mass is 10.1. The van der Waals surface area contributed by atoms with E-state index in [1.165, 1.54) is 0 Å². The van der Waals surface area contributed by atoms with E-state index in [2.05, 4.69) is 5.32 Å². The van der Waals surface area contributed by atoms with Gasteiger partial charge in [0.25, 0.3) is 0 Å². The molecule has 0 saturated carbocycles. The second kappa shape index (κ2) is 8.12. The summed E-state index contributed by atoms with van der Waals surface area (Å²) in [5.41, 5.74) is 0.536. The molecule has 6 nitrogen and oxygen atoms in total. The van der Waals surface area contributed by atoms with E-state index < -0.39 is 12.0 Å². The van der Waals surface area contributed by atoms with Crippen LogP contribution in [0.5, 0.6) is 0 Å². The Morgan fingerprint density at radius 3 is 2.95 bits per heavy atom. The van der Waals surface area contributed by atoms with E-state index in [1.54, 1.807) is 29.6 Å². The topological polar surface area (TPSA) is 95.1 Å². The fourth-order valence-electron chi connectivity index (χ4n) is 2.39. The van der Waals surface area contributed by atoms with E-state index in [0.29, 0.717) is 23.9 Å². The Hall–Kier alpha value is -1.63. The third kappa shape index (κ3) is 5.29. The number of amides is 1. The van der Waals surface area contributed by atoms with Crippen LogP contribution in [0.1, 0.15) is 19.3 Å². The molecule has 1 aromatic rings. The Morgan fingerprint density at radius 2 is 2.32 bits per heavy atom. The Morgan fingerprint density at radius 1 is 1.50 bits per heavy atom. The molecule has 1 heterocycles. The lowest BCUT2D eigenvalue weighted by Crippen LogP contribution is -2.94. The maximum atomic E-state index is 11.9. The third-order valence-electron chi connectivity index (χ3n) is 3.52. The highest BCUT2D eigenvalue weighted by Crippen LogP contribution is 2.15. The van der Waals surface area contributed by atoms with Crippen LogP contribution in [0.25, 0.3) is 0 Å². The predicted molar refractivity (Wildman–Crippen MR) is 79.3 cm³/mol. The van der Waals surface area contributed by atoms with Gasteiger partial charge in [0.2, 0.25) is 5.91 Å². The predicted octanol–water partition coefficient (Wildman–Crippen LogP) is -0.470. The molecule has 0 unspecified atom stereocenters. The quantitative estimate of drug-likeness (QED) is 0.708. The standard InChI is InChI=1S/C15H19ClN2O4/c16-10-3-1-4-11(7-10)18-14(19)8-13(15(20)21)17-9-12-5-2-6-22-12/h1,3-4,7,12-13,17H,2,5-6,8-9H2,(H,18,19)(H,20,21)/t12-,13+/m1/s1. The van der Waals surface area contributed by atoms with Crippen molar-refractivity contribution in [1.29, 1.82) is 0 Å². The number of benzene rings is 1. The molecule has 22 heavy (non-hydrogen) atoms. The van der Waals surface area contributed by atoms with Crippen LogP contribution < -0.4 is 15.7 Å². The van der Waals surface area contributed by atoms with Crippen molar-refractivity contribution in [3.63, 3.8) is 0 Å². The number of aliphatic carboxylic acids is 1. The van der Waals surface area contributed by atoms with Crippen LogP contribution >= 0.6 is 11.6 Å². The van der Waals surface area contributed by atoms with Gasteiger partial charge in [-0.05, 0) is 31.0 Å². The van der Waals surface area contributed by atoms with Crippen molar-refractivity contribution in [3.8, 4) is 0 Å². The van der Waals surface area contributed by atoms with Gasteiger partial charge < -0.3 is 25.3 Å². The van der Waals surface area contributed by atoms with Crippen molar-refractivity contribution >= 4 is 29.2 Å². The van der Waals surface area contributed by atoms with Gasteiger partial charge in [-0.1, -0.05) is 17.7 Å². The number of nitrogens with one attached hydrogen (secondary N) is 1. The van der Waals surface area contributed by atoms with Crippen LogP contribution in [0.15, 0.2) is 24.3 Å². The minimum Gasteiger partial charge on any atom is -0.544 e. The average Bonchev–Trinajstić information content (AvgIpc) is 2.96. The van der Waals surface area contributed by atoms with Crippen molar-refractivity contribution < 1.29 is 24.7 Å². The first-order valence-corrected chi connectivity index (χ1v) is 7.63. The number of nitrogens with two attached hydrogens (primary N) is 1. The highest BCUT2D eigenvalue weighted by molar-refractivity contribution is 6.30. The molecule has 0 bridgehead atoms. The minimum atomic E-state index is -1.25. The summed E-state index contributed by atoms with van der Waals surface area (Å²) in [7, 11) is 0. The van der Waals surface area contributed by atoms with Gasteiger partial charge in [0.15, 0.2) is 0 Å². The fraction of sp³-hybridized carbons (Fsp3) is 0.467. The molecule has 3 N–H and O–H groups in total. The van der Waals surface area contributed by atoms with Crippen LogP contribution in [0, 0.1) is 0 Å². The number of ether oxygens (including phenoxy) is 1. The molecule has 1 amide bonds. The van der Waals surface area contributed by atoms with Crippen molar-refractivity contribution in [2.75, 3.05) is 18.5 Å². The van der Waals surface area contributed by atoms with Crippen LogP contribution in [0.2, 0.25) is 5.02 Å². The second-order valence-electron chi connectivity index (χ2n) is 5.29. The zero-order chi connectivity index (χ0) is 15.9. The molecule has 1 aromatic carbocycles. The van der Waals surface area contributed by atoms with E-state index in [9.17, 15) is 14.7 Å². The molecule has 2 rings (SSSR count). The molecule has 1 aliphatic heterocycles. The molecule has 0 spiro atoms. The van der Waals surface area contributed by atoms with E-state index in [1.807, 2.05) is 0 Å². The maximum absolute atomic E-state index is 11.9. The Kier molecular flexibility index (Phi) is 6.18. The summed E-state index contributed by atoms with van der Waals surface area (Å²) in [5, 5.41) is 15.9. The second-order valence-corrected chi connectivity index (χ2v) is 5.73. The van der Waals surface area contributed by atoms with E-state index in [4.69, 9.17) is 16.3 Å². The highest BCUT2D eigenvalue weighted by atomic mass is 35.5. The maximum Gasteiger partial charge on any atom is 0.230 e. The number of carbonyl (C=O) groups is 2. The van der Waals surface area contributed by atoms with Crippen LogP contribution in [-0.4, -0.2) is 37.2 Å². The van der Waals surface area contributed by atoms with Crippen molar-refractivity contribution in [2.45, 2.75) is 31.4 Å². The van der Waals surface area contributed by atoms with Crippen LogP contribution in [0.3, 0.4) is 0 Å². The highest BCUT2D eigenvalue weighted by Gasteiger charge is 2.23. The minimum absolute atomic E-state index is 0.0536.